The molecule has 4 N–H and O–H groups in total. The number of aromatic amines is 1. The van der Waals surface area contributed by atoms with E-state index in [1.54, 1.807) is 6.07 Å². The fourth-order valence-electron chi connectivity index (χ4n) is 1.38. The molecule has 0 bridgehead atoms. The van der Waals surface area contributed by atoms with Crippen LogP contribution in [0.1, 0.15) is 21.4 Å². The van der Waals surface area contributed by atoms with Gasteiger partial charge in [0.2, 0.25) is 0 Å². The van der Waals surface area contributed by atoms with Gasteiger partial charge in [0.1, 0.15) is 5.69 Å². The Morgan fingerprint density at radius 2 is 2.47 bits per heavy atom. The van der Waals surface area contributed by atoms with Gasteiger partial charge in [0.05, 0.1) is 16.7 Å². The number of rotatable bonds is 4. The molecule has 2 heterocycles. The number of nitrogens with one attached hydrogen (secondary N) is 2. The number of nitrogens with zero attached hydrogens (tertiary/aromatic N) is 1. The van der Waals surface area contributed by atoms with Crippen LogP contribution in [-0.4, -0.2) is 22.4 Å². The van der Waals surface area contributed by atoms with Crippen LogP contribution in [0.25, 0.3) is 0 Å². The van der Waals surface area contributed by atoms with Gasteiger partial charge < -0.3 is 16.0 Å². The van der Waals surface area contributed by atoms with Gasteiger partial charge in [0, 0.05) is 17.6 Å². The maximum atomic E-state index is 11.8. The van der Waals surface area contributed by atoms with Crippen LogP contribution < -0.4 is 11.1 Å². The molecular formula is C10H11ClN4OS. The van der Waals surface area contributed by atoms with Crippen molar-refractivity contribution in [1.29, 1.82) is 0 Å². The molecule has 0 aliphatic heterocycles. The number of amides is 1. The van der Waals surface area contributed by atoms with Gasteiger partial charge >= 0.3 is 0 Å². The number of aromatic nitrogens is 2. The van der Waals surface area contributed by atoms with Crippen molar-refractivity contribution in [2.24, 2.45) is 5.73 Å². The first-order valence-electron chi connectivity index (χ1n) is 4.95. The van der Waals surface area contributed by atoms with Crippen LogP contribution >= 0.6 is 22.9 Å². The van der Waals surface area contributed by atoms with Crippen LogP contribution in [0.15, 0.2) is 24.7 Å². The quantitative estimate of drug-likeness (QED) is 0.788. The standard InChI is InChI=1S/C10H11ClN4OS/c11-9-2-1-8(17-9)6(3-12)15-10(16)7-4-13-5-14-7/h1-2,4-6H,3,12H2,(H,13,14)(H,15,16). The molecule has 2 aromatic heterocycles. The van der Waals surface area contributed by atoms with Gasteiger partial charge in [-0.15, -0.1) is 11.3 Å². The Hall–Kier alpha value is -1.37. The van der Waals surface area contributed by atoms with Gasteiger partial charge in [-0.1, -0.05) is 11.6 Å². The highest BCUT2D eigenvalue weighted by atomic mass is 35.5. The summed E-state index contributed by atoms with van der Waals surface area (Å²) < 4.78 is 0.674. The number of halogens is 1. The largest absolute Gasteiger partial charge is 0.350 e. The number of nitrogens with two attached hydrogens (primary N) is 1. The van der Waals surface area contributed by atoms with Crippen LogP contribution in [0.5, 0.6) is 0 Å². The molecule has 0 saturated carbocycles. The predicted molar refractivity (Wildman–Crippen MR) is 67.2 cm³/mol. The van der Waals surface area contributed by atoms with E-state index in [1.807, 2.05) is 6.07 Å². The molecule has 1 unspecified atom stereocenters. The Kier molecular flexibility index (Phi) is 3.78. The Morgan fingerprint density at radius 1 is 1.65 bits per heavy atom. The second kappa shape index (κ2) is 5.31. The summed E-state index contributed by atoms with van der Waals surface area (Å²) in [5, 5.41) is 2.80. The number of thiophene rings is 1. The average molecular weight is 271 g/mol. The summed E-state index contributed by atoms with van der Waals surface area (Å²) in [6, 6.07) is 3.40. The van der Waals surface area contributed by atoms with Crippen molar-refractivity contribution in [3.63, 3.8) is 0 Å². The van der Waals surface area contributed by atoms with Gasteiger partial charge in [0.15, 0.2) is 0 Å². The summed E-state index contributed by atoms with van der Waals surface area (Å²) in [4.78, 5) is 19.3. The van der Waals surface area contributed by atoms with Crippen LogP contribution in [-0.2, 0) is 0 Å². The van der Waals surface area contributed by atoms with Gasteiger partial charge in [-0.2, -0.15) is 0 Å². The zero-order valence-electron chi connectivity index (χ0n) is 8.81. The van der Waals surface area contributed by atoms with E-state index in [9.17, 15) is 4.79 Å². The second-order valence-electron chi connectivity index (χ2n) is 3.36. The molecule has 7 heteroatoms. The van der Waals surface area contributed by atoms with Crippen LogP contribution in [0.3, 0.4) is 0 Å². The molecule has 0 aliphatic carbocycles. The molecule has 0 radical (unpaired) electrons. The van der Waals surface area contributed by atoms with E-state index < -0.39 is 0 Å². The van der Waals surface area contributed by atoms with Crippen LogP contribution in [0, 0.1) is 0 Å². The zero-order valence-corrected chi connectivity index (χ0v) is 10.4. The minimum atomic E-state index is -0.258. The minimum Gasteiger partial charge on any atom is -0.350 e. The summed E-state index contributed by atoms with van der Waals surface area (Å²) >= 11 is 7.25. The van der Waals surface area contributed by atoms with Gasteiger partial charge in [-0.25, -0.2) is 4.98 Å². The molecule has 1 atom stereocenters. The lowest BCUT2D eigenvalue weighted by Crippen LogP contribution is -2.33. The van der Waals surface area contributed by atoms with Crippen molar-refractivity contribution in [2.75, 3.05) is 6.54 Å². The molecule has 5 nitrogen and oxygen atoms in total. The van der Waals surface area contributed by atoms with E-state index in [1.165, 1.54) is 23.9 Å². The smallest absolute Gasteiger partial charge is 0.272 e. The molecule has 17 heavy (non-hydrogen) atoms. The molecule has 0 spiro atoms. The fourth-order valence-corrected chi connectivity index (χ4v) is 2.50. The SMILES string of the molecule is NCC(NC(=O)c1c[nH]cn1)c1ccc(Cl)s1. The minimum absolute atomic E-state index is 0.239. The third-order valence-electron chi connectivity index (χ3n) is 2.21. The van der Waals surface area contributed by atoms with E-state index in [0.717, 1.165) is 4.88 Å². The normalized spacial score (nSPS) is 12.4. The zero-order chi connectivity index (χ0) is 12.3. The van der Waals surface area contributed by atoms with E-state index in [0.29, 0.717) is 16.6 Å². The molecule has 0 aliphatic rings. The van der Waals surface area contributed by atoms with E-state index in [-0.39, 0.29) is 11.9 Å². The lowest BCUT2D eigenvalue weighted by Gasteiger charge is -2.14. The van der Waals surface area contributed by atoms with Crippen molar-refractivity contribution in [2.45, 2.75) is 6.04 Å². The maximum Gasteiger partial charge on any atom is 0.272 e. The summed E-state index contributed by atoms with van der Waals surface area (Å²) in [5.74, 6) is -0.258. The molecule has 0 saturated heterocycles. The van der Waals surface area contributed by atoms with Gasteiger partial charge in [-0.3, -0.25) is 4.79 Å². The molecule has 2 aromatic rings. The summed E-state index contributed by atoms with van der Waals surface area (Å²) in [6.45, 7) is 0.313. The average Bonchev–Trinajstić information content (AvgIpc) is 2.96. The number of hydrogen-bond donors (Lipinski definition) is 3. The third kappa shape index (κ3) is 2.85. The van der Waals surface area contributed by atoms with Crippen molar-refractivity contribution in [3.05, 3.63) is 39.6 Å². The summed E-state index contributed by atoms with van der Waals surface area (Å²) in [5.41, 5.74) is 5.98. The first kappa shape index (κ1) is 12.1. The fraction of sp³-hybridized carbons (Fsp3) is 0.200. The first-order valence-corrected chi connectivity index (χ1v) is 6.15. The summed E-state index contributed by atoms with van der Waals surface area (Å²) in [6.07, 6.45) is 2.98. The van der Waals surface area contributed by atoms with Crippen molar-refractivity contribution < 1.29 is 4.79 Å². The van der Waals surface area contributed by atoms with E-state index >= 15 is 0 Å². The van der Waals surface area contributed by atoms with Crippen molar-refractivity contribution >= 4 is 28.8 Å². The van der Waals surface area contributed by atoms with Crippen molar-refractivity contribution in [1.82, 2.24) is 15.3 Å². The molecule has 90 valence electrons. The maximum absolute atomic E-state index is 11.8. The lowest BCUT2D eigenvalue weighted by molar-refractivity contribution is 0.0934. The Bertz CT molecular complexity index is 496. The highest BCUT2D eigenvalue weighted by molar-refractivity contribution is 7.16. The van der Waals surface area contributed by atoms with E-state index in [4.69, 9.17) is 17.3 Å². The topological polar surface area (TPSA) is 83.8 Å². The molecule has 0 fully saturated rings. The van der Waals surface area contributed by atoms with Gasteiger partial charge in [0.25, 0.3) is 5.91 Å². The van der Waals surface area contributed by atoms with Gasteiger partial charge in [-0.05, 0) is 12.1 Å². The highest BCUT2D eigenvalue weighted by Gasteiger charge is 2.16. The molecular weight excluding hydrogens is 260 g/mol. The Morgan fingerprint density at radius 3 is 3.00 bits per heavy atom. The molecule has 1 amide bonds. The number of hydrogen-bond acceptors (Lipinski definition) is 4. The molecule has 0 aromatic carbocycles. The Balaban J connectivity index is 2.08. The second-order valence-corrected chi connectivity index (χ2v) is 5.10. The third-order valence-corrected chi connectivity index (χ3v) is 3.55. The number of carbonyl (C=O) groups excluding carboxylic acids is 1. The summed E-state index contributed by atoms with van der Waals surface area (Å²) in [7, 11) is 0. The lowest BCUT2D eigenvalue weighted by atomic mass is 10.2. The number of imidazole rings is 1. The predicted octanol–water partition coefficient (Wildman–Crippen LogP) is 1.55. The first-order chi connectivity index (χ1) is 8.20. The number of H-pyrrole nitrogens is 1. The monoisotopic (exact) mass is 270 g/mol. The molecule has 2 rings (SSSR count). The van der Waals surface area contributed by atoms with Crippen molar-refractivity contribution in [3.8, 4) is 0 Å². The van der Waals surface area contributed by atoms with E-state index in [2.05, 4.69) is 15.3 Å². The highest BCUT2D eigenvalue weighted by Crippen LogP contribution is 2.26. The number of carbonyl (C=O) groups is 1. The van der Waals surface area contributed by atoms with Crippen LogP contribution in [0.2, 0.25) is 4.34 Å². The Labute approximate surface area is 107 Å². The van der Waals surface area contributed by atoms with Crippen LogP contribution in [0.4, 0.5) is 0 Å².